The summed E-state index contributed by atoms with van der Waals surface area (Å²) in [7, 11) is 0. The molecule has 0 unspecified atom stereocenters. The van der Waals surface area contributed by atoms with Crippen molar-refractivity contribution < 1.29 is 0 Å². The lowest BCUT2D eigenvalue weighted by Crippen LogP contribution is -2.13. The molecule has 0 aliphatic heterocycles. The zero-order chi connectivity index (χ0) is 21.6. The molecule has 0 aromatic carbocycles. The van der Waals surface area contributed by atoms with E-state index in [1.54, 1.807) is 24.7 Å². The molecule has 0 fully saturated rings. The largest absolute Gasteiger partial charge is 0.402 e. The maximum Gasteiger partial charge on any atom is 0.116 e. The molecule has 3 N–H and O–H groups in total. The minimum atomic E-state index is 0.612. The Hall–Kier alpha value is -3.22. The van der Waals surface area contributed by atoms with E-state index in [4.69, 9.17) is 5.73 Å². The normalized spacial score (nSPS) is 10.5. The molecular weight excluding hydrogens is 350 g/mol. The number of amidine groups is 1. The molecular formula is C21H35N7. The van der Waals surface area contributed by atoms with Gasteiger partial charge in [0.25, 0.3) is 0 Å². The molecule has 28 heavy (non-hydrogen) atoms. The van der Waals surface area contributed by atoms with E-state index in [0.717, 1.165) is 17.2 Å². The van der Waals surface area contributed by atoms with Crippen LogP contribution in [0.15, 0.2) is 75.9 Å². The van der Waals surface area contributed by atoms with Gasteiger partial charge in [-0.15, -0.1) is 0 Å². The molecule has 7 nitrogen and oxygen atoms in total. The van der Waals surface area contributed by atoms with Gasteiger partial charge in [0.1, 0.15) is 12.5 Å². The van der Waals surface area contributed by atoms with Crippen molar-refractivity contribution in [1.29, 1.82) is 0 Å². The first-order chi connectivity index (χ1) is 13.6. The number of aromatic nitrogens is 2. The van der Waals surface area contributed by atoms with Gasteiger partial charge in [-0.1, -0.05) is 27.7 Å². The Bertz CT molecular complexity index is 668. The molecule has 0 atom stereocenters. The number of hydrazone groups is 1. The maximum atomic E-state index is 5.41. The fourth-order valence-electron chi connectivity index (χ4n) is 1.47. The second kappa shape index (κ2) is 20.1. The molecule has 0 radical (unpaired) electrons. The second-order valence-electron chi connectivity index (χ2n) is 4.75. The van der Waals surface area contributed by atoms with Crippen molar-refractivity contribution >= 4 is 24.5 Å². The quantitative estimate of drug-likeness (QED) is 0.441. The van der Waals surface area contributed by atoms with Gasteiger partial charge in [0.05, 0.1) is 5.69 Å². The lowest BCUT2D eigenvalue weighted by molar-refractivity contribution is 0.733. The fraction of sp³-hybridized carbons (Fsp3) is 0.333. The summed E-state index contributed by atoms with van der Waals surface area (Å²) < 4.78 is 1.97. The molecule has 154 valence electrons. The third-order valence-corrected chi connectivity index (χ3v) is 2.60. The van der Waals surface area contributed by atoms with Crippen LogP contribution in [0.3, 0.4) is 0 Å². The summed E-state index contributed by atoms with van der Waals surface area (Å²) >= 11 is 0. The van der Waals surface area contributed by atoms with Crippen LogP contribution in [-0.4, -0.2) is 28.3 Å². The van der Waals surface area contributed by atoms with Crippen LogP contribution in [0.4, 0.5) is 5.69 Å². The molecule has 2 heterocycles. The summed E-state index contributed by atoms with van der Waals surface area (Å²) in [6.45, 7) is 15.6. The van der Waals surface area contributed by atoms with Crippen molar-refractivity contribution in [2.24, 2.45) is 20.8 Å². The van der Waals surface area contributed by atoms with E-state index in [0.29, 0.717) is 6.67 Å². The first-order valence-corrected chi connectivity index (χ1v) is 9.32. The molecule has 2 aromatic heterocycles. The molecule has 2 aromatic rings. The second-order valence-corrected chi connectivity index (χ2v) is 4.75. The van der Waals surface area contributed by atoms with Gasteiger partial charge < -0.3 is 10.3 Å². The van der Waals surface area contributed by atoms with Gasteiger partial charge in [-0.3, -0.25) is 15.4 Å². The van der Waals surface area contributed by atoms with Crippen molar-refractivity contribution in [1.82, 2.24) is 15.0 Å². The average molecular weight is 386 g/mol. The summed E-state index contributed by atoms with van der Waals surface area (Å²) in [5, 5.41) is 3.50. The van der Waals surface area contributed by atoms with Crippen molar-refractivity contribution in [3.63, 3.8) is 0 Å². The Morgan fingerprint density at radius 1 is 1.14 bits per heavy atom. The number of rotatable bonds is 5. The summed E-state index contributed by atoms with van der Waals surface area (Å²) in [5.74, 6) is 0.763. The Kier molecular flexibility index (Phi) is 19.4. The van der Waals surface area contributed by atoms with Crippen LogP contribution in [0.1, 0.15) is 41.5 Å². The number of hydrogen-bond acceptors (Lipinski definition) is 5. The minimum absolute atomic E-state index is 0.612. The monoisotopic (exact) mass is 385 g/mol. The SMILES string of the molecule is C/C(N)=C/C=Nc1ccncc1.C=NN/C(C)=N\Cn1cccc1.CC.CC. The molecule has 0 amide bonds. The van der Waals surface area contributed by atoms with Crippen molar-refractivity contribution in [3.8, 4) is 0 Å². The Balaban J connectivity index is 0. The van der Waals surface area contributed by atoms with Crippen molar-refractivity contribution in [2.75, 3.05) is 0 Å². The van der Waals surface area contributed by atoms with Gasteiger partial charge in [-0.25, -0.2) is 4.99 Å². The van der Waals surface area contributed by atoms with Gasteiger partial charge in [-0.2, -0.15) is 5.10 Å². The molecule has 0 saturated heterocycles. The van der Waals surface area contributed by atoms with Gasteiger partial charge in [0.15, 0.2) is 0 Å². The molecule has 0 bridgehead atoms. The molecule has 0 saturated carbocycles. The van der Waals surface area contributed by atoms with Crippen LogP contribution in [0.25, 0.3) is 0 Å². The number of pyridine rings is 1. The summed E-state index contributed by atoms with van der Waals surface area (Å²) in [6, 6.07) is 7.58. The first kappa shape index (κ1) is 27.0. The number of nitrogens with zero attached hydrogens (tertiary/aromatic N) is 5. The molecule has 7 heteroatoms. The minimum Gasteiger partial charge on any atom is -0.402 e. The van der Waals surface area contributed by atoms with E-state index in [9.17, 15) is 0 Å². The van der Waals surface area contributed by atoms with Gasteiger partial charge >= 0.3 is 0 Å². The number of nitrogens with two attached hydrogens (primary N) is 1. The number of aliphatic imine (C=N–C) groups is 2. The summed E-state index contributed by atoms with van der Waals surface area (Å²) in [6.07, 6.45) is 10.7. The number of allylic oxidation sites excluding steroid dienone is 2. The highest BCUT2D eigenvalue weighted by molar-refractivity contribution is 5.79. The molecule has 2 rings (SSSR count). The third kappa shape index (κ3) is 16.3. The van der Waals surface area contributed by atoms with Crippen LogP contribution in [0.5, 0.6) is 0 Å². The standard InChI is InChI=1S/C9H11N3.C8H12N4.2C2H6/c1-8(10)2-7-12-9-3-5-11-6-4-9;1-8(11-9-2)10-7-12-5-3-4-6-12;2*1-2/h2-7H,10H2,1H3;3-6H,2,7H2,1H3,(H,10,11);2*1-2H3/b8-2-,12-7?;;;. The number of hydrogen-bond donors (Lipinski definition) is 2. The average Bonchev–Trinajstić information content (AvgIpc) is 3.25. The Morgan fingerprint density at radius 3 is 2.21 bits per heavy atom. The predicted molar refractivity (Wildman–Crippen MR) is 123 cm³/mol. The van der Waals surface area contributed by atoms with Crippen LogP contribution < -0.4 is 11.2 Å². The summed E-state index contributed by atoms with van der Waals surface area (Å²) in [5.41, 5.74) is 9.69. The summed E-state index contributed by atoms with van der Waals surface area (Å²) in [4.78, 5) is 12.2. The van der Waals surface area contributed by atoms with Crippen LogP contribution in [0, 0.1) is 0 Å². The Labute approximate surface area is 169 Å². The van der Waals surface area contributed by atoms with E-state index in [1.165, 1.54) is 0 Å². The third-order valence-electron chi connectivity index (χ3n) is 2.60. The maximum absolute atomic E-state index is 5.41. The van der Waals surface area contributed by atoms with Gasteiger partial charge in [0.2, 0.25) is 0 Å². The lowest BCUT2D eigenvalue weighted by atomic mass is 10.4. The topological polar surface area (TPSA) is 92.9 Å². The highest BCUT2D eigenvalue weighted by atomic mass is 15.3. The highest BCUT2D eigenvalue weighted by Gasteiger charge is 1.86. The van der Waals surface area contributed by atoms with E-state index in [2.05, 4.69) is 32.2 Å². The van der Waals surface area contributed by atoms with Crippen molar-refractivity contribution in [3.05, 3.63) is 60.8 Å². The van der Waals surface area contributed by atoms with E-state index in [1.807, 2.05) is 82.8 Å². The fourth-order valence-corrected chi connectivity index (χ4v) is 1.47. The van der Waals surface area contributed by atoms with Crippen LogP contribution in [-0.2, 0) is 6.67 Å². The highest BCUT2D eigenvalue weighted by Crippen LogP contribution is 2.06. The Morgan fingerprint density at radius 2 is 1.71 bits per heavy atom. The zero-order valence-corrected chi connectivity index (χ0v) is 18.0. The zero-order valence-electron chi connectivity index (χ0n) is 18.0. The van der Waals surface area contributed by atoms with E-state index < -0.39 is 0 Å². The molecule has 0 spiro atoms. The van der Waals surface area contributed by atoms with Gasteiger partial charge in [-0.05, 0) is 44.2 Å². The van der Waals surface area contributed by atoms with Crippen LogP contribution in [0.2, 0.25) is 0 Å². The van der Waals surface area contributed by atoms with E-state index >= 15 is 0 Å². The van der Waals surface area contributed by atoms with Crippen molar-refractivity contribution in [2.45, 2.75) is 48.2 Å². The molecule has 0 aliphatic rings. The van der Waals surface area contributed by atoms with Crippen LogP contribution >= 0.6 is 0 Å². The van der Waals surface area contributed by atoms with E-state index in [-0.39, 0.29) is 0 Å². The number of nitrogens with one attached hydrogen (secondary N) is 1. The van der Waals surface area contributed by atoms with Gasteiger partial charge in [0, 0.05) is 43.4 Å². The predicted octanol–water partition coefficient (Wildman–Crippen LogP) is 4.77. The smallest absolute Gasteiger partial charge is 0.116 e. The first-order valence-electron chi connectivity index (χ1n) is 9.32. The molecule has 0 aliphatic carbocycles. The lowest BCUT2D eigenvalue weighted by Gasteiger charge is -1.99.